The van der Waals surface area contributed by atoms with Crippen LogP contribution in [0.5, 0.6) is 0 Å². The molecule has 0 spiro atoms. The molecule has 0 aromatic heterocycles. The highest BCUT2D eigenvalue weighted by Gasteiger charge is 2.51. The van der Waals surface area contributed by atoms with Crippen molar-refractivity contribution in [1.82, 2.24) is 0 Å². The van der Waals surface area contributed by atoms with Gasteiger partial charge < -0.3 is 9.84 Å². The maximum atomic E-state index is 8.91. The van der Waals surface area contributed by atoms with Gasteiger partial charge in [0.15, 0.2) is 0 Å². The number of aliphatic hydroxyl groups is 1. The second-order valence-corrected chi connectivity index (χ2v) is 8.28. The van der Waals surface area contributed by atoms with Gasteiger partial charge in [-0.15, -0.1) is 0 Å². The first kappa shape index (κ1) is 17.7. The molecule has 1 aliphatic heterocycles. The van der Waals surface area contributed by atoms with E-state index in [1.165, 1.54) is 36.8 Å². The molecule has 0 bridgehead atoms. The third-order valence-electron chi connectivity index (χ3n) is 5.96. The summed E-state index contributed by atoms with van der Waals surface area (Å²) >= 11 is 0. The predicted molar refractivity (Wildman–Crippen MR) is 92.9 cm³/mol. The van der Waals surface area contributed by atoms with Crippen LogP contribution in [0.15, 0.2) is 23.8 Å². The number of epoxide rings is 1. The van der Waals surface area contributed by atoms with Crippen molar-refractivity contribution >= 4 is 0 Å². The smallest absolute Gasteiger partial charge is 0.0920 e. The van der Waals surface area contributed by atoms with Gasteiger partial charge in [-0.25, -0.2) is 0 Å². The lowest BCUT2D eigenvalue weighted by Crippen LogP contribution is -2.30. The van der Waals surface area contributed by atoms with Crippen LogP contribution in [0.2, 0.25) is 0 Å². The van der Waals surface area contributed by atoms with Crippen LogP contribution >= 0.6 is 0 Å². The molecule has 1 saturated heterocycles. The minimum absolute atomic E-state index is 0.0767. The van der Waals surface area contributed by atoms with Crippen molar-refractivity contribution in [3.63, 3.8) is 0 Å². The third kappa shape index (κ3) is 4.23. The van der Waals surface area contributed by atoms with E-state index in [4.69, 9.17) is 9.84 Å². The summed E-state index contributed by atoms with van der Waals surface area (Å²) in [7, 11) is 0. The topological polar surface area (TPSA) is 32.8 Å². The standard InChI is InChI=1S/C20H34O2/c1-15(11-14-21)8-9-18-20(5,22-18)13-10-17-16(2)7-6-12-19(17,3)4/h11,17-18,21H,2,6-10,12-14H2,1,3-5H3/b15-11+/t17-,18+,20-/m1/s1. The van der Waals surface area contributed by atoms with Gasteiger partial charge >= 0.3 is 0 Å². The molecular formula is C20H34O2. The van der Waals surface area contributed by atoms with Crippen LogP contribution in [-0.2, 0) is 4.74 Å². The van der Waals surface area contributed by atoms with Gasteiger partial charge in [-0.3, -0.25) is 0 Å². The number of hydrogen-bond donors (Lipinski definition) is 1. The van der Waals surface area contributed by atoms with E-state index in [0.29, 0.717) is 17.4 Å². The van der Waals surface area contributed by atoms with Crippen LogP contribution in [0.25, 0.3) is 0 Å². The van der Waals surface area contributed by atoms with Crippen molar-refractivity contribution in [2.24, 2.45) is 11.3 Å². The molecule has 3 atom stereocenters. The van der Waals surface area contributed by atoms with Crippen LogP contribution in [-0.4, -0.2) is 23.4 Å². The van der Waals surface area contributed by atoms with Gasteiger partial charge in [0, 0.05) is 0 Å². The lowest BCUT2D eigenvalue weighted by atomic mass is 9.64. The molecule has 2 nitrogen and oxygen atoms in total. The van der Waals surface area contributed by atoms with Gasteiger partial charge in [0.25, 0.3) is 0 Å². The van der Waals surface area contributed by atoms with E-state index < -0.39 is 0 Å². The average molecular weight is 306 g/mol. The Morgan fingerprint density at radius 3 is 2.73 bits per heavy atom. The lowest BCUT2D eigenvalue weighted by Gasteiger charge is -2.40. The minimum Gasteiger partial charge on any atom is -0.392 e. The second kappa shape index (κ2) is 6.88. The Bertz CT molecular complexity index is 435. The van der Waals surface area contributed by atoms with Crippen LogP contribution in [0.4, 0.5) is 0 Å². The molecule has 0 amide bonds. The SMILES string of the molecule is C=C1CCCC(C)(C)[C@@H]1CC[C@@]1(C)O[C@H]1CC/C(C)=C/CO. The first-order valence-electron chi connectivity index (χ1n) is 8.90. The molecule has 22 heavy (non-hydrogen) atoms. The summed E-state index contributed by atoms with van der Waals surface area (Å²) in [6, 6.07) is 0. The van der Waals surface area contributed by atoms with Crippen molar-refractivity contribution in [1.29, 1.82) is 0 Å². The fourth-order valence-electron chi connectivity index (χ4n) is 4.19. The van der Waals surface area contributed by atoms with Crippen LogP contribution in [0.1, 0.15) is 72.6 Å². The van der Waals surface area contributed by atoms with Crippen molar-refractivity contribution < 1.29 is 9.84 Å². The quantitative estimate of drug-likeness (QED) is 0.529. The molecule has 0 aromatic carbocycles. The maximum absolute atomic E-state index is 8.91. The first-order chi connectivity index (χ1) is 10.3. The number of rotatable bonds is 7. The number of aliphatic hydroxyl groups excluding tert-OH is 1. The van der Waals surface area contributed by atoms with Gasteiger partial charge in [0.05, 0.1) is 18.3 Å². The van der Waals surface area contributed by atoms with E-state index in [9.17, 15) is 0 Å². The van der Waals surface area contributed by atoms with Crippen molar-refractivity contribution in [3.05, 3.63) is 23.8 Å². The lowest BCUT2D eigenvalue weighted by molar-refractivity contribution is 0.165. The Labute approximate surface area is 136 Å². The Morgan fingerprint density at radius 1 is 1.36 bits per heavy atom. The molecule has 0 radical (unpaired) electrons. The summed E-state index contributed by atoms with van der Waals surface area (Å²) in [5.74, 6) is 0.652. The molecule has 0 unspecified atom stereocenters. The Morgan fingerprint density at radius 2 is 2.09 bits per heavy atom. The minimum atomic E-state index is 0.0767. The molecule has 0 aromatic rings. The molecular weight excluding hydrogens is 272 g/mol. The van der Waals surface area contributed by atoms with Gasteiger partial charge in [-0.05, 0) is 70.1 Å². The molecule has 2 rings (SSSR count). The van der Waals surface area contributed by atoms with Gasteiger partial charge in [0.2, 0.25) is 0 Å². The number of ether oxygens (including phenoxy) is 1. The van der Waals surface area contributed by atoms with Crippen LogP contribution < -0.4 is 0 Å². The summed E-state index contributed by atoms with van der Waals surface area (Å²) in [4.78, 5) is 0. The van der Waals surface area contributed by atoms with E-state index in [1.54, 1.807) is 0 Å². The molecule has 1 saturated carbocycles. The Kier molecular flexibility index (Phi) is 5.55. The Balaban J connectivity index is 1.80. The molecule has 1 N–H and O–H groups in total. The monoisotopic (exact) mass is 306 g/mol. The highest BCUT2D eigenvalue weighted by Crippen LogP contribution is 2.49. The zero-order chi connectivity index (χ0) is 16.4. The zero-order valence-electron chi connectivity index (χ0n) is 15.0. The fraction of sp³-hybridized carbons (Fsp3) is 0.800. The van der Waals surface area contributed by atoms with Gasteiger partial charge in [-0.1, -0.05) is 37.6 Å². The van der Waals surface area contributed by atoms with E-state index in [2.05, 4.69) is 34.3 Å². The van der Waals surface area contributed by atoms with E-state index >= 15 is 0 Å². The van der Waals surface area contributed by atoms with Crippen LogP contribution in [0.3, 0.4) is 0 Å². The summed E-state index contributed by atoms with van der Waals surface area (Å²) < 4.78 is 6.01. The maximum Gasteiger partial charge on any atom is 0.0920 e. The summed E-state index contributed by atoms with van der Waals surface area (Å²) in [5.41, 5.74) is 3.20. The van der Waals surface area contributed by atoms with Crippen molar-refractivity contribution in [2.75, 3.05) is 6.61 Å². The van der Waals surface area contributed by atoms with Crippen molar-refractivity contribution in [2.45, 2.75) is 84.3 Å². The number of hydrogen-bond acceptors (Lipinski definition) is 2. The van der Waals surface area contributed by atoms with E-state index in [-0.39, 0.29) is 12.2 Å². The normalized spacial score (nSPS) is 34.8. The van der Waals surface area contributed by atoms with Crippen molar-refractivity contribution in [3.8, 4) is 0 Å². The Hall–Kier alpha value is -0.600. The summed E-state index contributed by atoms with van der Waals surface area (Å²) in [6.07, 6.45) is 10.6. The second-order valence-electron chi connectivity index (χ2n) is 8.28. The number of allylic oxidation sites excluding steroid dienone is 2. The average Bonchev–Trinajstić information content (AvgIpc) is 3.06. The van der Waals surface area contributed by atoms with Crippen LogP contribution in [0, 0.1) is 11.3 Å². The van der Waals surface area contributed by atoms with Gasteiger partial charge in [-0.2, -0.15) is 0 Å². The molecule has 2 aliphatic rings. The molecule has 2 fully saturated rings. The molecule has 2 heteroatoms. The predicted octanol–water partition coefficient (Wildman–Crippen LogP) is 5.03. The summed E-state index contributed by atoms with van der Waals surface area (Å²) in [5, 5.41) is 8.91. The van der Waals surface area contributed by atoms with Gasteiger partial charge in [0.1, 0.15) is 0 Å². The molecule has 1 aliphatic carbocycles. The fourth-order valence-corrected chi connectivity index (χ4v) is 4.19. The largest absolute Gasteiger partial charge is 0.392 e. The third-order valence-corrected chi connectivity index (χ3v) is 5.96. The molecule has 126 valence electrons. The van der Waals surface area contributed by atoms with E-state index in [0.717, 1.165) is 19.3 Å². The zero-order valence-corrected chi connectivity index (χ0v) is 15.0. The molecule has 1 heterocycles. The highest BCUT2D eigenvalue weighted by molar-refractivity contribution is 5.11. The summed E-state index contributed by atoms with van der Waals surface area (Å²) in [6.45, 7) is 13.6. The highest BCUT2D eigenvalue weighted by atomic mass is 16.6. The van der Waals surface area contributed by atoms with E-state index in [1.807, 2.05) is 6.08 Å². The first-order valence-corrected chi connectivity index (χ1v) is 8.90.